The Morgan fingerprint density at radius 3 is 2.53 bits per heavy atom. The Morgan fingerprint density at radius 1 is 1.00 bits per heavy atom. The zero-order chi connectivity index (χ0) is 20.8. The van der Waals surface area contributed by atoms with Crippen molar-refractivity contribution in [2.24, 2.45) is 5.10 Å². The Morgan fingerprint density at radius 2 is 1.77 bits per heavy atom. The van der Waals surface area contributed by atoms with E-state index >= 15 is 0 Å². The van der Waals surface area contributed by atoms with Gasteiger partial charge in [0, 0.05) is 24.0 Å². The molecule has 1 fully saturated rings. The summed E-state index contributed by atoms with van der Waals surface area (Å²) in [4.78, 5) is 4.87. The SMILES string of the molecule is O=S(=O)(c1cccc(-c2csc(NN=Cc3ccccc3)n2)c1)N1CCCCCC1. The summed E-state index contributed by atoms with van der Waals surface area (Å²) in [7, 11) is -3.48. The van der Waals surface area contributed by atoms with Crippen LogP contribution in [0.5, 0.6) is 0 Å². The fraction of sp³-hybridized carbons (Fsp3) is 0.273. The number of benzene rings is 2. The Balaban J connectivity index is 1.49. The van der Waals surface area contributed by atoms with E-state index < -0.39 is 10.0 Å². The standard InChI is InChI=1S/C22H24N4O2S2/c27-30(28,26-13-6-1-2-7-14-26)20-12-8-11-19(15-20)21-17-29-22(24-21)25-23-16-18-9-4-3-5-10-18/h3-5,8-12,15-17H,1-2,6-7,13-14H2,(H,24,25). The van der Waals surface area contributed by atoms with Gasteiger partial charge < -0.3 is 0 Å². The van der Waals surface area contributed by atoms with Gasteiger partial charge in [-0.3, -0.25) is 5.43 Å². The van der Waals surface area contributed by atoms with Gasteiger partial charge in [0.25, 0.3) is 0 Å². The van der Waals surface area contributed by atoms with Crippen LogP contribution in [0.2, 0.25) is 0 Å². The number of anilines is 1. The molecule has 8 heteroatoms. The third kappa shape index (κ3) is 4.95. The van der Waals surface area contributed by atoms with E-state index in [1.165, 1.54) is 11.3 Å². The summed E-state index contributed by atoms with van der Waals surface area (Å²) in [6.45, 7) is 1.19. The van der Waals surface area contributed by atoms with Crippen LogP contribution in [0.3, 0.4) is 0 Å². The van der Waals surface area contributed by atoms with Crippen LogP contribution in [-0.4, -0.2) is 37.0 Å². The van der Waals surface area contributed by atoms with E-state index in [2.05, 4.69) is 15.5 Å². The van der Waals surface area contributed by atoms with E-state index in [1.807, 2.05) is 41.8 Å². The fourth-order valence-electron chi connectivity index (χ4n) is 3.41. The molecule has 1 aliphatic heterocycles. The predicted octanol–water partition coefficient (Wildman–Crippen LogP) is 4.82. The van der Waals surface area contributed by atoms with Crippen molar-refractivity contribution in [2.45, 2.75) is 30.6 Å². The van der Waals surface area contributed by atoms with Gasteiger partial charge in [0.15, 0.2) is 0 Å². The first-order valence-corrected chi connectivity index (χ1v) is 12.4. The molecule has 4 rings (SSSR count). The first-order chi connectivity index (χ1) is 14.6. The summed E-state index contributed by atoms with van der Waals surface area (Å²) in [5, 5.41) is 6.77. The minimum absolute atomic E-state index is 0.325. The van der Waals surface area contributed by atoms with Crippen molar-refractivity contribution in [1.29, 1.82) is 0 Å². The lowest BCUT2D eigenvalue weighted by Gasteiger charge is -2.20. The normalized spacial score (nSPS) is 15.9. The summed E-state index contributed by atoms with van der Waals surface area (Å²) in [5.74, 6) is 0. The fourth-order valence-corrected chi connectivity index (χ4v) is 5.64. The molecule has 156 valence electrons. The number of hydrazone groups is 1. The summed E-state index contributed by atoms with van der Waals surface area (Å²) in [5.41, 5.74) is 5.44. The Labute approximate surface area is 181 Å². The highest BCUT2D eigenvalue weighted by Gasteiger charge is 2.25. The number of thiazole rings is 1. The molecular weight excluding hydrogens is 416 g/mol. The average Bonchev–Trinajstić information content (AvgIpc) is 3.06. The van der Waals surface area contributed by atoms with Gasteiger partial charge in [-0.2, -0.15) is 9.41 Å². The van der Waals surface area contributed by atoms with E-state index in [-0.39, 0.29) is 0 Å². The molecule has 1 N–H and O–H groups in total. The second-order valence-corrected chi connectivity index (χ2v) is 9.96. The highest BCUT2D eigenvalue weighted by molar-refractivity contribution is 7.89. The van der Waals surface area contributed by atoms with E-state index in [0.717, 1.165) is 42.5 Å². The van der Waals surface area contributed by atoms with Gasteiger partial charge >= 0.3 is 0 Å². The summed E-state index contributed by atoms with van der Waals surface area (Å²) >= 11 is 1.43. The number of sulfonamides is 1. The Kier molecular flexibility index (Phi) is 6.56. The average molecular weight is 441 g/mol. The van der Waals surface area contributed by atoms with Crippen molar-refractivity contribution in [2.75, 3.05) is 18.5 Å². The molecule has 30 heavy (non-hydrogen) atoms. The monoisotopic (exact) mass is 440 g/mol. The van der Waals surface area contributed by atoms with Crippen molar-refractivity contribution in [3.05, 3.63) is 65.5 Å². The maximum Gasteiger partial charge on any atom is 0.243 e. The summed E-state index contributed by atoms with van der Waals surface area (Å²) in [6, 6.07) is 16.8. The number of aromatic nitrogens is 1. The molecule has 2 aromatic carbocycles. The van der Waals surface area contributed by atoms with Crippen molar-refractivity contribution in [3.63, 3.8) is 0 Å². The number of hydrogen-bond donors (Lipinski definition) is 1. The van der Waals surface area contributed by atoms with Crippen LogP contribution in [-0.2, 0) is 10.0 Å². The molecule has 0 radical (unpaired) electrons. The molecular formula is C22H24N4O2S2. The van der Waals surface area contributed by atoms with E-state index in [9.17, 15) is 8.42 Å². The molecule has 2 heterocycles. The lowest BCUT2D eigenvalue weighted by molar-refractivity contribution is 0.424. The zero-order valence-electron chi connectivity index (χ0n) is 16.6. The van der Waals surface area contributed by atoms with Crippen molar-refractivity contribution >= 4 is 32.7 Å². The highest BCUT2D eigenvalue weighted by atomic mass is 32.2. The second kappa shape index (κ2) is 9.51. The Hall–Kier alpha value is -2.55. The molecule has 0 spiro atoms. The topological polar surface area (TPSA) is 74.7 Å². The molecule has 1 aromatic heterocycles. The van der Waals surface area contributed by atoms with E-state index in [1.54, 1.807) is 28.7 Å². The number of nitrogens with zero attached hydrogens (tertiary/aromatic N) is 3. The van der Waals surface area contributed by atoms with Crippen molar-refractivity contribution in [3.8, 4) is 11.3 Å². The zero-order valence-corrected chi connectivity index (χ0v) is 18.2. The molecule has 0 atom stereocenters. The van der Waals surface area contributed by atoms with E-state index in [4.69, 9.17) is 0 Å². The minimum atomic E-state index is -3.48. The number of nitrogens with one attached hydrogen (secondary N) is 1. The molecule has 6 nitrogen and oxygen atoms in total. The molecule has 0 bridgehead atoms. The van der Waals surface area contributed by atoms with Gasteiger partial charge in [-0.1, -0.05) is 55.3 Å². The van der Waals surface area contributed by atoms with Gasteiger partial charge in [-0.15, -0.1) is 11.3 Å². The van der Waals surface area contributed by atoms with Gasteiger partial charge in [0.2, 0.25) is 15.2 Å². The van der Waals surface area contributed by atoms with Crippen LogP contribution < -0.4 is 5.43 Å². The molecule has 0 aliphatic carbocycles. The quantitative estimate of drug-likeness (QED) is 0.440. The van der Waals surface area contributed by atoms with Crippen LogP contribution in [0.15, 0.2) is 70.0 Å². The van der Waals surface area contributed by atoms with Gasteiger partial charge in [0.05, 0.1) is 16.8 Å². The van der Waals surface area contributed by atoms with Gasteiger partial charge in [-0.25, -0.2) is 13.4 Å². The summed E-state index contributed by atoms with van der Waals surface area (Å²) in [6.07, 6.45) is 5.75. The Bertz CT molecular complexity index is 1100. The maximum absolute atomic E-state index is 13.1. The van der Waals surface area contributed by atoms with Gasteiger partial charge in [0.1, 0.15) is 0 Å². The van der Waals surface area contributed by atoms with Crippen LogP contribution in [0.4, 0.5) is 5.13 Å². The lowest BCUT2D eigenvalue weighted by Crippen LogP contribution is -2.31. The molecule has 0 saturated carbocycles. The molecule has 0 unspecified atom stereocenters. The molecule has 3 aromatic rings. The van der Waals surface area contributed by atoms with Gasteiger partial charge in [-0.05, 0) is 30.5 Å². The molecule has 1 aliphatic rings. The molecule has 1 saturated heterocycles. The third-order valence-electron chi connectivity index (χ3n) is 5.01. The lowest BCUT2D eigenvalue weighted by atomic mass is 10.2. The number of rotatable bonds is 6. The summed E-state index contributed by atoms with van der Waals surface area (Å²) < 4.78 is 27.8. The van der Waals surface area contributed by atoms with Crippen LogP contribution in [0, 0.1) is 0 Å². The van der Waals surface area contributed by atoms with Crippen LogP contribution in [0.1, 0.15) is 31.2 Å². The minimum Gasteiger partial charge on any atom is -0.253 e. The van der Waals surface area contributed by atoms with Crippen LogP contribution >= 0.6 is 11.3 Å². The number of hydrogen-bond acceptors (Lipinski definition) is 6. The largest absolute Gasteiger partial charge is 0.253 e. The first kappa shape index (κ1) is 20.7. The van der Waals surface area contributed by atoms with Crippen LogP contribution in [0.25, 0.3) is 11.3 Å². The highest BCUT2D eigenvalue weighted by Crippen LogP contribution is 2.28. The second-order valence-electron chi connectivity index (χ2n) is 7.16. The van der Waals surface area contributed by atoms with Crippen molar-refractivity contribution in [1.82, 2.24) is 9.29 Å². The predicted molar refractivity (Wildman–Crippen MR) is 122 cm³/mol. The molecule has 0 amide bonds. The third-order valence-corrected chi connectivity index (χ3v) is 7.65. The maximum atomic E-state index is 13.1. The van der Waals surface area contributed by atoms with E-state index in [0.29, 0.717) is 23.1 Å². The first-order valence-electron chi connectivity index (χ1n) is 10.0. The van der Waals surface area contributed by atoms with Crippen molar-refractivity contribution < 1.29 is 8.42 Å². The smallest absolute Gasteiger partial charge is 0.243 e.